The van der Waals surface area contributed by atoms with E-state index in [4.69, 9.17) is 0 Å². The molecule has 1 rings (SSSR count). The first kappa shape index (κ1) is 13.7. The molecule has 0 aromatic rings. The second-order valence-corrected chi connectivity index (χ2v) is 6.79. The van der Waals surface area contributed by atoms with Crippen molar-refractivity contribution in [2.24, 2.45) is 23.2 Å². The topological polar surface area (TPSA) is 37.3 Å². The number of rotatable bonds is 2. The van der Waals surface area contributed by atoms with Crippen LogP contribution in [0.4, 0.5) is 0 Å². The summed E-state index contributed by atoms with van der Waals surface area (Å²) in [5, 5.41) is 10.0. The smallest absolute Gasteiger partial charge is 0.164 e. The SMILES string of the molecule is CC1CC(C)CC(C(=O)C(O)C(C)(C)C)C1. The lowest BCUT2D eigenvalue weighted by Gasteiger charge is -2.34. The van der Waals surface area contributed by atoms with E-state index in [2.05, 4.69) is 13.8 Å². The molecule has 0 amide bonds. The Morgan fingerprint density at radius 3 is 1.94 bits per heavy atom. The van der Waals surface area contributed by atoms with Crippen molar-refractivity contribution in [3.63, 3.8) is 0 Å². The molecule has 0 aliphatic heterocycles. The third-order valence-electron chi connectivity index (χ3n) is 3.67. The maximum Gasteiger partial charge on any atom is 0.164 e. The minimum absolute atomic E-state index is 0.0610. The van der Waals surface area contributed by atoms with Crippen LogP contribution in [0.3, 0.4) is 0 Å². The minimum atomic E-state index is -0.810. The molecular formula is C14H26O2. The second-order valence-electron chi connectivity index (χ2n) is 6.79. The largest absolute Gasteiger partial charge is 0.385 e. The summed E-state index contributed by atoms with van der Waals surface area (Å²) in [5.74, 6) is 1.37. The summed E-state index contributed by atoms with van der Waals surface area (Å²) in [6, 6.07) is 0. The lowest BCUT2D eigenvalue weighted by Crippen LogP contribution is -2.40. The molecule has 0 aromatic carbocycles. The molecule has 0 bridgehead atoms. The highest BCUT2D eigenvalue weighted by atomic mass is 16.3. The average molecular weight is 226 g/mol. The number of aliphatic hydroxyl groups excluding tert-OH is 1. The van der Waals surface area contributed by atoms with E-state index in [9.17, 15) is 9.90 Å². The van der Waals surface area contributed by atoms with E-state index >= 15 is 0 Å². The van der Waals surface area contributed by atoms with Crippen molar-refractivity contribution in [1.82, 2.24) is 0 Å². The van der Waals surface area contributed by atoms with Crippen molar-refractivity contribution in [2.45, 2.75) is 60.0 Å². The van der Waals surface area contributed by atoms with E-state index in [1.807, 2.05) is 20.8 Å². The molecule has 0 radical (unpaired) electrons. The van der Waals surface area contributed by atoms with Crippen molar-refractivity contribution in [3.05, 3.63) is 0 Å². The zero-order valence-corrected chi connectivity index (χ0v) is 11.3. The summed E-state index contributed by atoms with van der Waals surface area (Å²) in [7, 11) is 0. The van der Waals surface area contributed by atoms with Crippen LogP contribution < -0.4 is 0 Å². The Morgan fingerprint density at radius 1 is 1.12 bits per heavy atom. The number of hydrogen-bond acceptors (Lipinski definition) is 2. The molecule has 2 nitrogen and oxygen atoms in total. The van der Waals surface area contributed by atoms with Crippen LogP contribution in [-0.4, -0.2) is 17.0 Å². The van der Waals surface area contributed by atoms with E-state index < -0.39 is 6.10 Å². The first-order valence-electron chi connectivity index (χ1n) is 6.43. The predicted molar refractivity (Wildman–Crippen MR) is 66.1 cm³/mol. The molecule has 1 N–H and O–H groups in total. The molecule has 2 heteroatoms. The van der Waals surface area contributed by atoms with Gasteiger partial charge < -0.3 is 5.11 Å². The molecule has 0 heterocycles. The van der Waals surface area contributed by atoms with Crippen LogP contribution in [0.1, 0.15) is 53.9 Å². The normalized spacial score (nSPS) is 33.5. The van der Waals surface area contributed by atoms with Gasteiger partial charge in [0, 0.05) is 5.92 Å². The van der Waals surface area contributed by atoms with E-state index in [0.717, 1.165) is 12.8 Å². The number of carbonyl (C=O) groups is 1. The van der Waals surface area contributed by atoms with Crippen molar-refractivity contribution >= 4 is 5.78 Å². The highest BCUT2D eigenvalue weighted by Gasteiger charge is 2.36. The van der Waals surface area contributed by atoms with Crippen LogP contribution in [0.5, 0.6) is 0 Å². The molecule has 1 saturated carbocycles. The maximum absolute atomic E-state index is 12.2. The Hall–Kier alpha value is -0.370. The van der Waals surface area contributed by atoms with Gasteiger partial charge in [-0.25, -0.2) is 0 Å². The van der Waals surface area contributed by atoms with Crippen molar-refractivity contribution in [1.29, 1.82) is 0 Å². The van der Waals surface area contributed by atoms with E-state index in [1.54, 1.807) is 0 Å². The van der Waals surface area contributed by atoms with Gasteiger partial charge in [0.15, 0.2) is 5.78 Å². The summed E-state index contributed by atoms with van der Waals surface area (Å²) in [6.45, 7) is 10.2. The van der Waals surface area contributed by atoms with Gasteiger partial charge in [-0.15, -0.1) is 0 Å². The lowest BCUT2D eigenvalue weighted by atomic mass is 9.71. The van der Waals surface area contributed by atoms with E-state index in [-0.39, 0.29) is 17.1 Å². The minimum Gasteiger partial charge on any atom is -0.385 e. The zero-order valence-electron chi connectivity index (χ0n) is 11.3. The van der Waals surface area contributed by atoms with E-state index in [0.29, 0.717) is 11.8 Å². The quantitative estimate of drug-likeness (QED) is 0.786. The average Bonchev–Trinajstić information content (AvgIpc) is 2.12. The first-order valence-corrected chi connectivity index (χ1v) is 6.43. The molecule has 3 atom stereocenters. The van der Waals surface area contributed by atoms with Crippen LogP contribution in [0.2, 0.25) is 0 Å². The van der Waals surface area contributed by atoms with E-state index in [1.165, 1.54) is 6.42 Å². The molecule has 1 aliphatic carbocycles. The molecule has 3 unspecified atom stereocenters. The van der Waals surface area contributed by atoms with Crippen LogP contribution in [0.25, 0.3) is 0 Å². The Morgan fingerprint density at radius 2 is 1.56 bits per heavy atom. The number of ketones is 1. The predicted octanol–water partition coefficient (Wildman–Crippen LogP) is 3.03. The Balaban J connectivity index is 2.67. The van der Waals surface area contributed by atoms with Gasteiger partial charge in [0.05, 0.1) is 0 Å². The second kappa shape index (κ2) is 4.87. The molecular weight excluding hydrogens is 200 g/mol. The highest BCUT2D eigenvalue weighted by molar-refractivity contribution is 5.86. The Bertz CT molecular complexity index is 242. The van der Waals surface area contributed by atoms with Crippen LogP contribution in [0.15, 0.2) is 0 Å². The fourth-order valence-corrected chi connectivity index (χ4v) is 2.83. The van der Waals surface area contributed by atoms with Gasteiger partial charge in [-0.3, -0.25) is 4.79 Å². The van der Waals surface area contributed by atoms with Crippen molar-refractivity contribution in [3.8, 4) is 0 Å². The fraction of sp³-hybridized carbons (Fsp3) is 0.929. The molecule has 94 valence electrons. The zero-order chi connectivity index (χ0) is 12.5. The van der Waals surface area contributed by atoms with Crippen LogP contribution in [0, 0.1) is 23.2 Å². The van der Waals surface area contributed by atoms with Gasteiger partial charge in [-0.2, -0.15) is 0 Å². The molecule has 1 fully saturated rings. The molecule has 16 heavy (non-hydrogen) atoms. The summed E-state index contributed by atoms with van der Waals surface area (Å²) in [6.07, 6.45) is 2.32. The molecule has 1 aliphatic rings. The fourth-order valence-electron chi connectivity index (χ4n) is 2.83. The van der Waals surface area contributed by atoms with Gasteiger partial charge in [0.1, 0.15) is 6.10 Å². The third kappa shape index (κ3) is 3.31. The number of carbonyl (C=O) groups excluding carboxylic acids is 1. The van der Waals surface area contributed by atoms with Crippen molar-refractivity contribution < 1.29 is 9.90 Å². The number of hydrogen-bond donors (Lipinski definition) is 1. The molecule has 0 spiro atoms. The number of aliphatic hydroxyl groups is 1. The van der Waals surface area contributed by atoms with Gasteiger partial charge in [0.25, 0.3) is 0 Å². The highest BCUT2D eigenvalue weighted by Crippen LogP contribution is 2.35. The van der Waals surface area contributed by atoms with Crippen molar-refractivity contribution in [2.75, 3.05) is 0 Å². The lowest BCUT2D eigenvalue weighted by molar-refractivity contribution is -0.138. The number of Topliss-reactive ketones (excluding diaryl/α,β-unsaturated/α-hetero) is 1. The monoisotopic (exact) mass is 226 g/mol. The Labute approximate surface area is 99.4 Å². The van der Waals surface area contributed by atoms with Gasteiger partial charge >= 0.3 is 0 Å². The summed E-state index contributed by atoms with van der Waals surface area (Å²) in [5.41, 5.74) is -0.332. The maximum atomic E-state index is 12.2. The Kier molecular flexibility index (Phi) is 4.17. The summed E-state index contributed by atoms with van der Waals surface area (Å²) >= 11 is 0. The third-order valence-corrected chi connectivity index (χ3v) is 3.67. The molecule has 0 saturated heterocycles. The molecule has 0 aromatic heterocycles. The van der Waals surface area contributed by atoms with Crippen LogP contribution >= 0.6 is 0 Å². The first-order chi connectivity index (χ1) is 7.21. The van der Waals surface area contributed by atoms with Gasteiger partial charge in [0.2, 0.25) is 0 Å². The summed E-state index contributed by atoms with van der Waals surface area (Å²) < 4.78 is 0. The van der Waals surface area contributed by atoms with Gasteiger partial charge in [-0.1, -0.05) is 34.6 Å². The standard InChI is InChI=1S/C14H26O2/c1-9-6-10(2)8-11(7-9)12(15)13(16)14(3,4)5/h9-11,13,16H,6-8H2,1-5H3. The summed E-state index contributed by atoms with van der Waals surface area (Å²) in [4.78, 5) is 12.2. The van der Waals surface area contributed by atoms with Crippen LogP contribution in [-0.2, 0) is 4.79 Å². The van der Waals surface area contributed by atoms with Gasteiger partial charge in [-0.05, 0) is 36.5 Å².